The average molecular weight is 168 g/mol. The second kappa shape index (κ2) is 2.75. The molecule has 0 saturated heterocycles. The summed E-state index contributed by atoms with van der Waals surface area (Å²) in [6, 6.07) is 0. The Balaban J connectivity index is 3.03. The lowest BCUT2D eigenvalue weighted by molar-refractivity contribution is -0.149. The van der Waals surface area contributed by atoms with Gasteiger partial charge in [0.1, 0.15) is 5.41 Å². The maximum Gasteiger partial charge on any atom is 0.316 e. The molecule has 2 unspecified atom stereocenters. The molecule has 0 aromatic rings. The van der Waals surface area contributed by atoms with E-state index in [1.165, 1.54) is 13.0 Å². The molecule has 3 nitrogen and oxygen atoms in total. The second-order valence-corrected chi connectivity index (χ2v) is 3.26. The quantitative estimate of drug-likeness (QED) is 0.613. The zero-order valence-electron chi connectivity index (χ0n) is 7.11. The summed E-state index contributed by atoms with van der Waals surface area (Å²) in [5, 5.41) is 18.4. The van der Waals surface area contributed by atoms with Gasteiger partial charge >= 0.3 is 5.97 Å². The maximum absolute atomic E-state index is 10.8. The monoisotopic (exact) mass is 168 g/mol. The number of aliphatic carboxylic acids is 1. The summed E-state index contributed by atoms with van der Waals surface area (Å²) in [7, 11) is 0. The van der Waals surface area contributed by atoms with Crippen LogP contribution in [0.5, 0.6) is 0 Å². The number of rotatable bonds is 1. The fourth-order valence-corrected chi connectivity index (χ4v) is 1.24. The van der Waals surface area contributed by atoms with E-state index in [-0.39, 0.29) is 0 Å². The molecule has 1 aliphatic rings. The number of carbonyl (C=O) groups is 1. The molecule has 0 fully saturated rings. The van der Waals surface area contributed by atoms with Crippen LogP contribution in [0.1, 0.15) is 13.8 Å². The van der Waals surface area contributed by atoms with Crippen molar-refractivity contribution in [3.05, 3.63) is 23.8 Å². The lowest BCUT2D eigenvalue weighted by Gasteiger charge is -2.29. The summed E-state index contributed by atoms with van der Waals surface area (Å²) in [5.74, 6) is -1.00. The van der Waals surface area contributed by atoms with E-state index in [1.54, 1.807) is 19.1 Å². The largest absolute Gasteiger partial charge is 0.481 e. The van der Waals surface area contributed by atoms with Crippen LogP contribution in [-0.2, 0) is 4.79 Å². The molecule has 0 spiro atoms. The van der Waals surface area contributed by atoms with Crippen molar-refractivity contribution in [3.8, 4) is 0 Å². The van der Waals surface area contributed by atoms with Crippen LogP contribution in [0.3, 0.4) is 0 Å². The van der Waals surface area contributed by atoms with Gasteiger partial charge in [0.05, 0.1) is 6.10 Å². The van der Waals surface area contributed by atoms with Crippen molar-refractivity contribution >= 4 is 5.97 Å². The van der Waals surface area contributed by atoms with Gasteiger partial charge in [-0.25, -0.2) is 0 Å². The number of carboxylic acids is 1. The van der Waals surface area contributed by atoms with E-state index in [1.807, 2.05) is 0 Å². The minimum Gasteiger partial charge on any atom is -0.481 e. The highest BCUT2D eigenvalue weighted by Gasteiger charge is 2.40. The molecule has 66 valence electrons. The van der Waals surface area contributed by atoms with Crippen molar-refractivity contribution in [1.82, 2.24) is 0 Å². The molecule has 2 atom stereocenters. The summed E-state index contributed by atoms with van der Waals surface area (Å²) in [5.41, 5.74) is -0.485. The number of allylic oxidation sites excluding steroid dienone is 2. The van der Waals surface area contributed by atoms with Gasteiger partial charge in [-0.15, -0.1) is 0 Å². The van der Waals surface area contributed by atoms with Gasteiger partial charge in [-0.2, -0.15) is 0 Å². The fraction of sp³-hybridized carbons (Fsp3) is 0.444. The van der Waals surface area contributed by atoms with Gasteiger partial charge < -0.3 is 10.2 Å². The summed E-state index contributed by atoms with van der Waals surface area (Å²) in [4.78, 5) is 10.8. The number of aliphatic hydroxyl groups excluding tert-OH is 1. The third-order valence-corrected chi connectivity index (χ3v) is 2.26. The fourth-order valence-electron chi connectivity index (χ4n) is 1.24. The number of carboxylic acid groups (broad SMARTS) is 1. The number of hydrogen-bond acceptors (Lipinski definition) is 2. The Kier molecular flexibility index (Phi) is 2.06. The molecule has 2 N–H and O–H groups in total. The van der Waals surface area contributed by atoms with Crippen molar-refractivity contribution < 1.29 is 15.0 Å². The molecule has 0 radical (unpaired) electrons. The standard InChI is InChI=1S/C9H12O3/c1-6-4-3-5-9(2,7(6)10)8(11)12/h3-5,7,10H,1-2H3,(H,11,12). The number of aliphatic hydroxyl groups is 1. The topological polar surface area (TPSA) is 57.5 Å². The Hall–Kier alpha value is -1.09. The van der Waals surface area contributed by atoms with Gasteiger partial charge in [-0.3, -0.25) is 4.79 Å². The predicted molar refractivity (Wildman–Crippen MR) is 44.6 cm³/mol. The highest BCUT2D eigenvalue weighted by Crippen LogP contribution is 2.31. The van der Waals surface area contributed by atoms with Crippen molar-refractivity contribution in [1.29, 1.82) is 0 Å². The van der Waals surface area contributed by atoms with E-state index in [0.29, 0.717) is 5.57 Å². The van der Waals surface area contributed by atoms with Crippen LogP contribution in [-0.4, -0.2) is 22.3 Å². The smallest absolute Gasteiger partial charge is 0.316 e. The molecule has 0 aromatic carbocycles. The Bertz CT molecular complexity index is 265. The van der Waals surface area contributed by atoms with Crippen LogP contribution in [0.15, 0.2) is 23.8 Å². The highest BCUT2D eigenvalue weighted by atomic mass is 16.4. The Morgan fingerprint density at radius 2 is 2.25 bits per heavy atom. The Morgan fingerprint density at radius 1 is 1.67 bits per heavy atom. The van der Waals surface area contributed by atoms with Gasteiger partial charge in [-0.1, -0.05) is 18.2 Å². The molecule has 0 bridgehead atoms. The Morgan fingerprint density at radius 3 is 2.67 bits per heavy atom. The summed E-state index contributed by atoms with van der Waals surface area (Å²) >= 11 is 0. The molecule has 0 amide bonds. The highest BCUT2D eigenvalue weighted by molar-refractivity contribution is 5.78. The molecule has 0 aromatic heterocycles. The van der Waals surface area contributed by atoms with E-state index < -0.39 is 17.5 Å². The summed E-state index contributed by atoms with van der Waals surface area (Å²) in [6.45, 7) is 3.22. The van der Waals surface area contributed by atoms with Gasteiger partial charge in [-0.05, 0) is 19.4 Å². The average Bonchev–Trinajstić information content (AvgIpc) is 2.00. The maximum atomic E-state index is 10.8. The minimum atomic E-state index is -1.17. The van der Waals surface area contributed by atoms with Crippen molar-refractivity contribution in [3.63, 3.8) is 0 Å². The SMILES string of the molecule is CC1=CC=CC(C)(C(=O)O)C1O. The first kappa shape index (κ1) is 9.00. The molecular formula is C9H12O3. The van der Waals surface area contributed by atoms with Crippen molar-refractivity contribution in [2.45, 2.75) is 20.0 Å². The van der Waals surface area contributed by atoms with Crippen LogP contribution in [0.4, 0.5) is 0 Å². The lowest BCUT2D eigenvalue weighted by atomic mass is 9.78. The van der Waals surface area contributed by atoms with Gasteiger partial charge in [0, 0.05) is 0 Å². The molecular weight excluding hydrogens is 156 g/mol. The second-order valence-electron chi connectivity index (χ2n) is 3.26. The Labute approximate surface area is 71.0 Å². The van der Waals surface area contributed by atoms with Gasteiger partial charge in [0.15, 0.2) is 0 Å². The van der Waals surface area contributed by atoms with Gasteiger partial charge in [0.25, 0.3) is 0 Å². The normalized spacial score (nSPS) is 34.6. The first-order chi connectivity index (χ1) is 5.48. The molecule has 0 heterocycles. The zero-order valence-corrected chi connectivity index (χ0v) is 7.11. The van der Waals surface area contributed by atoms with Crippen LogP contribution >= 0.6 is 0 Å². The van der Waals surface area contributed by atoms with E-state index in [0.717, 1.165) is 0 Å². The van der Waals surface area contributed by atoms with Crippen molar-refractivity contribution in [2.75, 3.05) is 0 Å². The molecule has 1 aliphatic carbocycles. The lowest BCUT2D eigenvalue weighted by Crippen LogP contribution is -2.40. The number of hydrogen-bond donors (Lipinski definition) is 2. The minimum absolute atomic E-state index is 0.683. The summed E-state index contributed by atoms with van der Waals surface area (Å²) < 4.78 is 0. The van der Waals surface area contributed by atoms with Crippen LogP contribution in [0.2, 0.25) is 0 Å². The molecule has 0 aliphatic heterocycles. The first-order valence-corrected chi connectivity index (χ1v) is 3.76. The zero-order chi connectivity index (χ0) is 9.35. The summed E-state index contributed by atoms with van der Waals surface area (Å²) in [6.07, 6.45) is 3.97. The van der Waals surface area contributed by atoms with Crippen LogP contribution < -0.4 is 0 Å². The van der Waals surface area contributed by atoms with Crippen molar-refractivity contribution in [2.24, 2.45) is 5.41 Å². The van der Waals surface area contributed by atoms with E-state index in [2.05, 4.69) is 0 Å². The van der Waals surface area contributed by atoms with Gasteiger partial charge in [0.2, 0.25) is 0 Å². The van der Waals surface area contributed by atoms with E-state index in [4.69, 9.17) is 5.11 Å². The molecule has 1 rings (SSSR count). The van der Waals surface area contributed by atoms with Crippen LogP contribution in [0, 0.1) is 5.41 Å². The van der Waals surface area contributed by atoms with Crippen LogP contribution in [0.25, 0.3) is 0 Å². The van der Waals surface area contributed by atoms with E-state index in [9.17, 15) is 9.90 Å². The predicted octanol–water partition coefficient (Wildman–Crippen LogP) is 0.954. The molecule has 0 saturated carbocycles. The first-order valence-electron chi connectivity index (χ1n) is 3.76. The van der Waals surface area contributed by atoms with E-state index >= 15 is 0 Å². The third-order valence-electron chi connectivity index (χ3n) is 2.26. The molecule has 12 heavy (non-hydrogen) atoms. The third kappa shape index (κ3) is 1.16. The molecule has 3 heteroatoms.